The molecule has 136 valence electrons. The van der Waals surface area contributed by atoms with Crippen LogP contribution in [0.15, 0.2) is 54.6 Å². The lowest BCUT2D eigenvalue weighted by molar-refractivity contribution is 0.104. The van der Waals surface area contributed by atoms with Crippen molar-refractivity contribution in [1.82, 2.24) is 0 Å². The van der Waals surface area contributed by atoms with Gasteiger partial charge in [0.15, 0.2) is 5.78 Å². The number of rotatable bonds is 7. The molecule has 1 aliphatic rings. The van der Waals surface area contributed by atoms with Crippen molar-refractivity contribution in [2.24, 2.45) is 0 Å². The van der Waals surface area contributed by atoms with Crippen LogP contribution in [-0.2, 0) is 4.74 Å². The van der Waals surface area contributed by atoms with Crippen molar-refractivity contribution < 1.29 is 14.3 Å². The third-order valence-corrected chi connectivity index (χ3v) is 4.31. The third-order valence-electron chi connectivity index (χ3n) is 4.31. The molecule has 0 unspecified atom stereocenters. The average Bonchev–Trinajstić information content (AvgIpc) is 2.72. The topological polar surface area (TPSA) is 38.8 Å². The molecule has 26 heavy (non-hydrogen) atoms. The molecule has 2 aromatic rings. The number of hydrogen-bond donors (Lipinski definition) is 0. The van der Waals surface area contributed by atoms with Crippen LogP contribution in [0.25, 0.3) is 6.08 Å². The lowest BCUT2D eigenvalue weighted by Crippen LogP contribution is -2.36. The van der Waals surface area contributed by atoms with Gasteiger partial charge < -0.3 is 14.4 Å². The van der Waals surface area contributed by atoms with Gasteiger partial charge >= 0.3 is 0 Å². The van der Waals surface area contributed by atoms with Crippen molar-refractivity contribution in [1.29, 1.82) is 0 Å². The number of hydrogen-bond acceptors (Lipinski definition) is 4. The van der Waals surface area contributed by atoms with E-state index < -0.39 is 0 Å². The van der Waals surface area contributed by atoms with E-state index in [1.807, 2.05) is 30.3 Å². The monoisotopic (exact) mass is 351 g/mol. The zero-order valence-electron chi connectivity index (χ0n) is 15.2. The molecule has 0 aliphatic carbocycles. The molecule has 0 spiro atoms. The smallest absolute Gasteiger partial charge is 0.185 e. The first-order valence-electron chi connectivity index (χ1n) is 9.14. The standard InChI is InChI=1S/C22H25NO3/c1-2-15-26-21-10-6-19(7-11-21)22(24)12-5-18-3-8-20(9-4-18)23-13-16-25-17-14-23/h3-12H,2,13-17H2,1H3/b12-5+. The molecular formula is C22H25NO3. The average molecular weight is 351 g/mol. The maximum absolute atomic E-state index is 12.3. The van der Waals surface area contributed by atoms with E-state index in [1.165, 1.54) is 5.69 Å². The molecule has 3 rings (SSSR count). The van der Waals surface area contributed by atoms with E-state index in [0.29, 0.717) is 12.2 Å². The Hall–Kier alpha value is -2.59. The lowest BCUT2D eigenvalue weighted by atomic mass is 10.1. The number of ketones is 1. The van der Waals surface area contributed by atoms with Crippen LogP contribution in [0.3, 0.4) is 0 Å². The van der Waals surface area contributed by atoms with Gasteiger partial charge in [0.1, 0.15) is 5.75 Å². The van der Waals surface area contributed by atoms with Gasteiger partial charge in [-0.1, -0.05) is 25.1 Å². The predicted molar refractivity (Wildman–Crippen MR) is 105 cm³/mol. The molecule has 0 amide bonds. The van der Waals surface area contributed by atoms with Crippen LogP contribution in [0.1, 0.15) is 29.3 Å². The Kier molecular flexibility index (Phi) is 6.45. The maximum Gasteiger partial charge on any atom is 0.185 e. The molecule has 1 aliphatic heterocycles. The van der Waals surface area contributed by atoms with E-state index in [-0.39, 0.29) is 5.78 Å². The van der Waals surface area contributed by atoms with Gasteiger partial charge in [-0.3, -0.25) is 4.79 Å². The maximum atomic E-state index is 12.3. The van der Waals surface area contributed by atoms with E-state index in [9.17, 15) is 4.79 Å². The molecule has 0 atom stereocenters. The highest BCUT2D eigenvalue weighted by atomic mass is 16.5. The van der Waals surface area contributed by atoms with Gasteiger partial charge in [-0.05, 0) is 54.5 Å². The minimum atomic E-state index is -0.00991. The Morgan fingerprint density at radius 1 is 1.08 bits per heavy atom. The van der Waals surface area contributed by atoms with Crippen molar-refractivity contribution in [2.45, 2.75) is 13.3 Å². The molecule has 1 saturated heterocycles. The Bertz CT molecular complexity index is 729. The number of nitrogens with zero attached hydrogens (tertiary/aromatic N) is 1. The number of carbonyl (C=O) groups is 1. The molecule has 0 N–H and O–H groups in total. The fraction of sp³-hybridized carbons (Fsp3) is 0.318. The van der Waals surface area contributed by atoms with Crippen LogP contribution >= 0.6 is 0 Å². The third kappa shape index (κ3) is 4.96. The number of carbonyl (C=O) groups excluding carboxylic acids is 1. The van der Waals surface area contributed by atoms with E-state index in [4.69, 9.17) is 9.47 Å². The number of ether oxygens (including phenoxy) is 2. The van der Waals surface area contributed by atoms with Gasteiger partial charge in [0.25, 0.3) is 0 Å². The summed E-state index contributed by atoms with van der Waals surface area (Å²) in [6.07, 6.45) is 4.44. The van der Waals surface area contributed by atoms with Crippen molar-refractivity contribution >= 4 is 17.5 Å². The summed E-state index contributed by atoms with van der Waals surface area (Å²) in [5.74, 6) is 0.787. The fourth-order valence-electron chi connectivity index (χ4n) is 2.82. The molecule has 2 aromatic carbocycles. The summed E-state index contributed by atoms with van der Waals surface area (Å²) >= 11 is 0. The number of anilines is 1. The van der Waals surface area contributed by atoms with Gasteiger partial charge in [0.05, 0.1) is 19.8 Å². The first kappa shape index (κ1) is 18.2. The summed E-state index contributed by atoms with van der Waals surface area (Å²) in [5.41, 5.74) is 2.87. The van der Waals surface area contributed by atoms with Crippen molar-refractivity contribution in [3.05, 3.63) is 65.7 Å². The molecular weight excluding hydrogens is 326 g/mol. The fourth-order valence-corrected chi connectivity index (χ4v) is 2.82. The van der Waals surface area contributed by atoms with Gasteiger partial charge in [-0.2, -0.15) is 0 Å². The van der Waals surface area contributed by atoms with Crippen molar-refractivity contribution in [3.63, 3.8) is 0 Å². The summed E-state index contributed by atoms with van der Waals surface area (Å²) in [6.45, 7) is 6.15. The number of benzene rings is 2. The summed E-state index contributed by atoms with van der Waals surface area (Å²) in [6, 6.07) is 15.6. The van der Waals surface area contributed by atoms with E-state index in [0.717, 1.165) is 44.0 Å². The highest BCUT2D eigenvalue weighted by Crippen LogP contribution is 2.18. The van der Waals surface area contributed by atoms with Gasteiger partial charge in [0.2, 0.25) is 0 Å². The zero-order valence-corrected chi connectivity index (χ0v) is 15.2. The molecule has 0 bridgehead atoms. The van der Waals surface area contributed by atoms with E-state index in [2.05, 4.69) is 24.0 Å². The number of morpholine rings is 1. The minimum absolute atomic E-state index is 0.00991. The molecule has 4 nitrogen and oxygen atoms in total. The first-order valence-corrected chi connectivity index (χ1v) is 9.14. The Balaban J connectivity index is 1.59. The summed E-state index contributed by atoms with van der Waals surface area (Å²) in [4.78, 5) is 14.6. The largest absolute Gasteiger partial charge is 0.494 e. The highest BCUT2D eigenvalue weighted by molar-refractivity contribution is 6.06. The Morgan fingerprint density at radius 2 is 1.77 bits per heavy atom. The Morgan fingerprint density at radius 3 is 2.42 bits per heavy atom. The van der Waals surface area contributed by atoms with Crippen LogP contribution in [0.2, 0.25) is 0 Å². The quantitative estimate of drug-likeness (QED) is 0.553. The van der Waals surface area contributed by atoms with Gasteiger partial charge in [-0.15, -0.1) is 0 Å². The van der Waals surface area contributed by atoms with Crippen LogP contribution in [-0.4, -0.2) is 38.7 Å². The number of allylic oxidation sites excluding steroid dienone is 1. The SMILES string of the molecule is CCCOc1ccc(C(=O)/C=C/c2ccc(N3CCOCC3)cc2)cc1. The van der Waals surface area contributed by atoms with E-state index in [1.54, 1.807) is 18.2 Å². The molecule has 1 fully saturated rings. The minimum Gasteiger partial charge on any atom is -0.494 e. The summed E-state index contributed by atoms with van der Waals surface area (Å²) in [5, 5.41) is 0. The second-order valence-electron chi connectivity index (χ2n) is 6.26. The van der Waals surface area contributed by atoms with Crippen molar-refractivity contribution in [3.8, 4) is 5.75 Å². The molecule has 0 saturated carbocycles. The van der Waals surface area contributed by atoms with E-state index >= 15 is 0 Å². The van der Waals surface area contributed by atoms with Gasteiger partial charge in [0, 0.05) is 24.3 Å². The molecule has 4 heteroatoms. The zero-order chi connectivity index (χ0) is 18.2. The second kappa shape index (κ2) is 9.20. The summed E-state index contributed by atoms with van der Waals surface area (Å²) < 4.78 is 10.9. The highest BCUT2D eigenvalue weighted by Gasteiger charge is 2.10. The molecule has 1 heterocycles. The molecule has 0 radical (unpaired) electrons. The second-order valence-corrected chi connectivity index (χ2v) is 6.26. The van der Waals surface area contributed by atoms with Crippen LogP contribution in [0.5, 0.6) is 5.75 Å². The van der Waals surface area contributed by atoms with Crippen molar-refractivity contribution in [2.75, 3.05) is 37.8 Å². The van der Waals surface area contributed by atoms with Crippen LogP contribution < -0.4 is 9.64 Å². The normalized spacial score (nSPS) is 14.6. The van der Waals surface area contributed by atoms with Gasteiger partial charge in [-0.25, -0.2) is 0 Å². The lowest BCUT2D eigenvalue weighted by Gasteiger charge is -2.28. The predicted octanol–water partition coefficient (Wildman–Crippen LogP) is 4.21. The summed E-state index contributed by atoms with van der Waals surface area (Å²) in [7, 11) is 0. The Labute approximate surface area is 155 Å². The molecule has 0 aromatic heterocycles. The van der Waals surface area contributed by atoms with Crippen LogP contribution in [0.4, 0.5) is 5.69 Å². The first-order chi connectivity index (χ1) is 12.8. The van der Waals surface area contributed by atoms with Crippen LogP contribution in [0, 0.1) is 0 Å².